The highest BCUT2D eigenvalue weighted by Crippen LogP contribution is 2.22. The first-order chi connectivity index (χ1) is 13.5. The van der Waals surface area contributed by atoms with Crippen molar-refractivity contribution in [3.05, 3.63) is 73.7 Å². The summed E-state index contributed by atoms with van der Waals surface area (Å²) in [6.45, 7) is 2.20. The van der Waals surface area contributed by atoms with Crippen LogP contribution in [0.2, 0.25) is 10.0 Å². The van der Waals surface area contributed by atoms with E-state index < -0.39 is 5.56 Å². The number of thiophene rings is 1. The number of aromatic nitrogens is 5. The number of benzene rings is 1. The molecule has 3 heterocycles. The second kappa shape index (κ2) is 7.75. The summed E-state index contributed by atoms with van der Waals surface area (Å²) in [6.07, 6.45) is 1.49. The Morgan fingerprint density at radius 2 is 2.14 bits per heavy atom. The van der Waals surface area contributed by atoms with Crippen LogP contribution in [0, 0.1) is 6.92 Å². The molecule has 0 atom stereocenters. The first-order valence-electron chi connectivity index (χ1n) is 8.26. The lowest BCUT2D eigenvalue weighted by molar-refractivity contribution is 0.805. The number of anilines is 1. The van der Waals surface area contributed by atoms with Crippen molar-refractivity contribution in [3.8, 4) is 16.4 Å². The van der Waals surface area contributed by atoms with Gasteiger partial charge >= 0.3 is 0 Å². The van der Waals surface area contributed by atoms with E-state index in [0.717, 1.165) is 10.4 Å². The van der Waals surface area contributed by atoms with Crippen molar-refractivity contribution in [2.75, 3.05) is 5.32 Å². The van der Waals surface area contributed by atoms with Crippen molar-refractivity contribution >= 4 is 40.2 Å². The maximum Gasteiger partial charge on any atom is 0.292 e. The standard InChI is InChI=1S/C18H14Cl2N6OS/c1-10-4-5-11(7-12(10)19)26-18(27)16(20)13(8-22-26)21-9-15-23-17(25-24-15)14-3-2-6-28-14/h2-8,21H,9H2,1H3,(H,23,24,25). The third-order valence-corrected chi connectivity index (χ3v) is 5.68. The van der Waals surface area contributed by atoms with Gasteiger partial charge in [0.15, 0.2) is 5.82 Å². The van der Waals surface area contributed by atoms with Crippen LogP contribution in [0.3, 0.4) is 0 Å². The van der Waals surface area contributed by atoms with Crippen LogP contribution < -0.4 is 10.9 Å². The number of hydrogen-bond acceptors (Lipinski definition) is 6. The van der Waals surface area contributed by atoms with Gasteiger partial charge in [-0.2, -0.15) is 14.9 Å². The third kappa shape index (κ3) is 3.66. The predicted octanol–water partition coefficient (Wildman–Crippen LogP) is 4.31. The summed E-state index contributed by atoms with van der Waals surface area (Å²) >= 11 is 14.0. The minimum atomic E-state index is -0.441. The van der Waals surface area contributed by atoms with Crippen molar-refractivity contribution in [3.63, 3.8) is 0 Å². The van der Waals surface area contributed by atoms with Crippen LogP contribution in [-0.4, -0.2) is 25.0 Å². The van der Waals surface area contributed by atoms with E-state index >= 15 is 0 Å². The SMILES string of the molecule is Cc1ccc(-n2ncc(NCc3nc(-c4cccs4)n[nH]3)c(Cl)c2=O)cc1Cl. The molecule has 0 aliphatic carbocycles. The zero-order chi connectivity index (χ0) is 19.7. The molecule has 0 spiro atoms. The topological polar surface area (TPSA) is 88.5 Å². The molecule has 0 bridgehead atoms. The minimum Gasteiger partial charge on any atom is -0.375 e. The zero-order valence-electron chi connectivity index (χ0n) is 14.6. The number of nitrogens with zero attached hydrogens (tertiary/aromatic N) is 4. The van der Waals surface area contributed by atoms with Crippen LogP contribution in [0.4, 0.5) is 5.69 Å². The van der Waals surface area contributed by atoms with Gasteiger partial charge in [0, 0.05) is 5.02 Å². The molecular weight excluding hydrogens is 419 g/mol. The third-order valence-electron chi connectivity index (χ3n) is 4.04. The molecule has 10 heteroatoms. The van der Waals surface area contributed by atoms with E-state index in [-0.39, 0.29) is 5.02 Å². The molecule has 7 nitrogen and oxygen atoms in total. The molecule has 0 fully saturated rings. The molecule has 0 unspecified atom stereocenters. The fraction of sp³-hybridized carbons (Fsp3) is 0.111. The van der Waals surface area contributed by atoms with Gasteiger partial charge in [-0.25, -0.2) is 4.98 Å². The molecule has 142 valence electrons. The molecule has 0 radical (unpaired) electrons. The largest absolute Gasteiger partial charge is 0.375 e. The number of aromatic amines is 1. The Bertz CT molecular complexity index is 1190. The van der Waals surface area contributed by atoms with Crippen LogP contribution >= 0.6 is 34.5 Å². The van der Waals surface area contributed by atoms with Gasteiger partial charge in [-0.05, 0) is 36.1 Å². The Morgan fingerprint density at radius 3 is 2.89 bits per heavy atom. The Labute approximate surface area is 174 Å². The number of nitrogens with one attached hydrogen (secondary N) is 2. The quantitative estimate of drug-likeness (QED) is 0.490. The Hall–Kier alpha value is -2.68. The summed E-state index contributed by atoms with van der Waals surface area (Å²) in [5, 5.41) is 16.9. The molecule has 0 saturated carbocycles. The predicted molar refractivity (Wildman–Crippen MR) is 112 cm³/mol. The monoisotopic (exact) mass is 432 g/mol. The van der Waals surface area contributed by atoms with Gasteiger partial charge in [-0.1, -0.05) is 35.3 Å². The highest BCUT2D eigenvalue weighted by molar-refractivity contribution is 7.13. The molecule has 0 aliphatic heterocycles. The second-order valence-corrected chi connectivity index (χ2v) is 7.69. The maximum absolute atomic E-state index is 12.6. The van der Waals surface area contributed by atoms with Crippen molar-refractivity contribution in [2.45, 2.75) is 13.5 Å². The van der Waals surface area contributed by atoms with Gasteiger partial charge in [0.05, 0.1) is 29.0 Å². The number of aryl methyl sites for hydroxylation is 1. The average molecular weight is 433 g/mol. The summed E-state index contributed by atoms with van der Waals surface area (Å²) in [5.41, 5.74) is 1.43. The van der Waals surface area contributed by atoms with Crippen LogP contribution in [0.5, 0.6) is 0 Å². The van der Waals surface area contributed by atoms with E-state index in [4.69, 9.17) is 23.2 Å². The van der Waals surface area contributed by atoms with Gasteiger partial charge in [0.25, 0.3) is 5.56 Å². The molecule has 28 heavy (non-hydrogen) atoms. The van der Waals surface area contributed by atoms with E-state index in [1.807, 2.05) is 30.5 Å². The maximum atomic E-state index is 12.6. The van der Waals surface area contributed by atoms with E-state index in [0.29, 0.717) is 34.6 Å². The highest BCUT2D eigenvalue weighted by atomic mass is 35.5. The minimum absolute atomic E-state index is 0.0321. The van der Waals surface area contributed by atoms with Gasteiger partial charge in [0.1, 0.15) is 10.8 Å². The van der Waals surface area contributed by atoms with Crippen LogP contribution in [-0.2, 0) is 6.54 Å². The fourth-order valence-electron chi connectivity index (χ4n) is 2.52. The zero-order valence-corrected chi connectivity index (χ0v) is 16.9. The van der Waals surface area contributed by atoms with Crippen molar-refractivity contribution in [1.29, 1.82) is 0 Å². The Balaban J connectivity index is 1.54. The molecule has 2 N–H and O–H groups in total. The van der Waals surface area contributed by atoms with Crippen LogP contribution in [0.25, 0.3) is 16.4 Å². The summed E-state index contributed by atoms with van der Waals surface area (Å²) < 4.78 is 1.21. The smallest absolute Gasteiger partial charge is 0.292 e. The highest BCUT2D eigenvalue weighted by Gasteiger charge is 2.13. The van der Waals surface area contributed by atoms with Crippen molar-refractivity contribution in [2.24, 2.45) is 0 Å². The second-order valence-electron chi connectivity index (χ2n) is 5.96. The number of rotatable bonds is 5. The summed E-state index contributed by atoms with van der Waals surface area (Å²) in [7, 11) is 0. The van der Waals surface area contributed by atoms with Crippen molar-refractivity contribution < 1.29 is 0 Å². The van der Waals surface area contributed by atoms with E-state index in [1.54, 1.807) is 23.5 Å². The van der Waals surface area contributed by atoms with Crippen LogP contribution in [0.15, 0.2) is 46.7 Å². The van der Waals surface area contributed by atoms with E-state index in [2.05, 4.69) is 25.6 Å². The van der Waals surface area contributed by atoms with E-state index in [9.17, 15) is 4.79 Å². The van der Waals surface area contributed by atoms with Crippen molar-refractivity contribution in [1.82, 2.24) is 25.0 Å². The van der Waals surface area contributed by atoms with Gasteiger partial charge in [0.2, 0.25) is 0 Å². The average Bonchev–Trinajstić information content (AvgIpc) is 3.37. The normalized spacial score (nSPS) is 11.0. The first kappa shape index (κ1) is 18.7. The number of H-pyrrole nitrogens is 1. The Morgan fingerprint density at radius 1 is 1.29 bits per heavy atom. The van der Waals surface area contributed by atoms with Gasteiger partial charge in [-0.3, -0.25) is 9.89 Å². The molecule has 4 aromatic rings. The van der Waals surface area contributed by atoms with Crippen LogP contribution in [0.1, 0.15) is 11.4 Å². The molecule has 3 aromatic heterocycles. The molecule has 1 aromatic carbocycles. The molecule has 0 aliphatic rings. The molecule has 0 amide bonds. The molecular formula is C18H14Cl2N6OS. The fourth-order valence-corrected chi connectivity index (χ4v) is 3.55. The number of hydrogen-bond donors (Lipinski definition) is 2. The molecule has 0 saturated heterocycles. The number of halogens is 2. The summed E-state index contributed by atoms with van der Waals surface area (Å²) in [4.78, 5) is 18.0. The van der Waals surface area contributed by atoms with Gasteiger partial charge in [-0.15, -0.1) is 11.3 Å². The molecule has 4 rings (SSSR count). The lowest BCUT2D eigenvalue weighted by Gasteiger charge is -2.10. The lowest BCUT2D eigenvalue weighted by Crippen LogP contribution is -2.22. The van der Waals surface area contributed by atoms with Gasteiger partial charge < -0.3 is 5.32 Å². The lowest BCUT2D eigenvalue weighted by atomic mass is 10.2. The first-order valence-corrected chi connectivity index (χ1v) is 9.90. The summed E-state index contributed by atoms with van der Waals surface area (Å²) in [5.74, 6) is 1.25. The van der Waals surface area contributed by atoms with E-state index in [1.165, 1.54) is 10.9 Å². The summed E-state index contributed by atoms with van der Waals surface area (Å²) in [6, 6.07) is 9.15. The Kier molecular flexibility index (Phi) is 5.17.